The van der Waals surface area contributed by atoms with Gasteiger partial charge in [0, 0.05) is 18.1 Å². The molecule has 0 aliphatic carbocycles. The second-order valence-electron chi connectivity index (χ2n) is 6.10. The van der Waals surface area contributed by atoms with Gasteiger partial charge in [-0.15, -0.1) is 0 Å². The molecule has 0 radical (unpaired) electrons. The zero-order chi connectivity index (χ0) is 15.9. The second-order valence-corrected chi connectivity index (χ2v) is 6.10. The van der Waals surface area contributed by atoms with E-state index in [9.17, 15) is 4.79 Å². The second kappa shape index (κ2) is 7.98. The average Bonchev–Trinajstić information content (AvgIpc) is 2.43. The number of amides is 1. The fourth-order valence-electron chi connectivity index (χ4n) is 1.56. The van der Waals surface area contributed by atoms with Crippen molar-refractivity contribution in [1.82, 2.24) is 15.6 Å². The van der Waals surface area contributed by atoms with Gasteiger partial charge in [-0.2, -0.15) is 0 Å². The first-order chi connectivity index (χ1) is 9.82. The van der Waals surface area contributed by atoms with Gasteiger partial charge in [-0.25, -0.2) is 0 Å². The van der Waals surface area contributed by atoms with Gasteiger partial charge < -0.3 is 15.4 Å². The normalized spacial score (nSPS) is 11.5. The van der Waals surface area contributed by atoms with Crippen molar-refractivity contribution in [2.75, 3.05) is 6.61 Å². The van der Waals surface area contributed by atoms with Gasteiger partial charge in [0.25, 0.3) is 5.91 Å². The molecule has 0 saturated heterocycles. The molecule has 1 rings (SSSR count). The molecule has 0 aromatic carbocycles. The summed E-state index contributed by atoms with van der Waals surface area (Å²) >= 11 is 0. The van der Waals surface area contributed by atoms with Crippen LogP contribution in [0.2, 0.25) is 0 Å². The molecule has 0 bridgehead atoms. The summed E-state index contributed by atoms with van der Waals surface area (Å²) in [6.07, 6.45) is 2.52. The van der Waals surface area contributed by atoms with Gasteiger partial charge in [-0.05, 0) is 32.4 Å². The molecule has 2 N–H and O–H groups in total. The third-order valence-corrected chi connectivity index (χ3v) is 3.22. The predicted molar refractivity (Wildman–Crippen MR) is 84.2 cm³/mol. The molecular formula is C16H27N3O2. The highest BCUT2D eigenvalue weighted by atomic mass is 16.5. The number of pyridine rings is 1. The lowest BCUT2D eigenvalue weighted by Crippen LogP contribution is -2.44. The largest absolute Gasteiger partial charge is 0.482 e. The number of aromatic nitrogens is 1. The minimum Gasteiger partial charge on any atom is -0.482 e. The van der Waals surface area contributed by atoms with Crippen LogP contribution in [0.4, 0.5) is 0 Å². The molecule has 0 saturated carbocycles. The molecule has 0 aliphatic rings. The maximum absolute atomic E-state index is 11.8. The average molecular weight is 293 g/mol. The molecule has 0 atom stereocenters. The first kappa shape index (κ1) is 17.4. The Morgan fingerprint density at radius 1 is 1.38 bits per heavy atom. The van der Waals surface area contributed by atoms with E-state index in [0.29, 0.717) is 11.8 Å². The number of hydrogen-bond acceptors (Lipinski definition) is 4. The molecule has 0 unspecified atom stereocenters. The van der Waals surface area contributed by atoms with Crippen LogP contribution in [0.1, 0.15) is 46.7 Å². The quantitative estimate of drug-likeness (QED) is 0.772. The van der Waals surface area contributed by atoms with Crippen LogP contribution < -0.4 is 15.4 Å². The minimum atomic E-state index is -0.203. The first-order valence-corrected chi connectivity index (χ1v) is 7.44. The summed E-state index contributed by atoms with van der Waals surface area (Å²) in [5, 5.41) is 6.22. The van der Waals surface area contributed by atoms with E-state index < -0.39 is 0 Å². The lowest BCUT2D eigenvalue weighted by atomic mass is 10.0. The van der Waals surface area contributed by atoms with E-state index in [1.165, 1.54) is 0 Å². The van der Waals surface area contributed by atoms with E-state index in [1.54, 1.807) is 6.20 Å². The van der Waals surface area contributed by atoms with Crippen molar-refractivity contribution in [3.63, 3.8) is 0 Å². The lowest BCUT2D eigenvalue weighted by molar-refractivity contribution is -0.124. The summed E-state index contributed by atoms with van der Waals surface area (Å²) in [5.74, 6) is 0.486. The van der Waals surface area contributed by atoms with E-state index in [2.05, 4.69) is 29.5 Å². The fraction of sp³-hybridized carbons (Fsp3) is 0.625. The molecule has 0 spiro atoms. The van der Waals surface area contributed by atoms with E-state index in [0.717, 1.165) is 18.7 Å². The third kappa shape index (κ3) is 7.09. The molecule has 5 heteroatoms. The molecule has 1 aromatic rings. The Kier molecular flexibility index (Phi) is 6.62. The maximum Gasteiger partial charge on any atom is 0.258 e. The Morgan fingerprint density at radius 2 is 2.10 bits per heavy atom. The lowest BCUT2D eigenvalue weighted by Gasteiger charge is -2.24. The summed E-state index contributed by atoms with van der Waals surface area (Å²) in [6.45, 7) is 10.9. The molecular weight excluding hydrogens is 266 g/mol. The van der Waals surface area contributed by atoms with E-state index >= 15 is 0 Å². The van der Waals surface area contributed by atoms with Crippen LogP contribution in [-0.2, 0) is 11.3 Å². The highest BCUT2D eigenvalue weighted by molar-refractivity contribution is 5.78. The highest BCUT2D eigenvalue weighted by Gasteiger charge is 2.17. The standard InChI is InChI=1S/C16H27N3O2/c1-6-16(4,5)19-15(20)11-21-14-8-7-13(18-10-14)9-17-12(2)3/h7-8,10,12,17H,6,9,11H2,1-5H3,(H,19,20). The Labute approximate surface area is 127 Å². The molecule has 1 aromatic heterocycles. The van der Waals surface area contributed by atoms with Gasteiger partial charge in [0.2, 0.25) is 0 Å². The van der Waals surface area contributed by atoms with Crippen LogP contribution in [0.3, 0.4) is 0 Å². The van der Waals surface area contributed by atoms with Gasteiger partial charge >= 0.3 is 0 Å². The smallest absolute Gasteiger partial charge is 0.258 e. The molecule has 1 amide bonds. The number of carbonyl (C=O) groups excluding carboxylic acids is 1. The van der Waals surface area contributed by atoms with E-state index in [-0.39, 0.29) is 18.1 Å². The highest BCUT2D eigenvalue weighted by Crippen LogP contribution is 2.10. The van der Waals surface area contributed by atoms with Crippen LogP contribution >= 0.6 is 0 Å². The van der Waals surface area contributed by atoms with Gasteiger partial charge in [-0.1, -0.05) is 20.8 Å². The van der Waals surface area contributed by atoms with Crippen molar-refractivity contribution < 1.29 is 9.53 Å². The Balaban J connectivity index is 2.40. The van der Waals surface area contributed by atoms with Crippen LogP contribution in [0, 0.1) is 0 Å². The number of nitrogens with zero attached hydrogens (tertiary/aromatic N) is 1. The van der Waals surface area contributed by atoms with Crippen LogP contribution in [-0.4, -0.2) is 29.1 Å². The fourth-order valence-corrected chi connectivity index (χ4v) is 1.56. The van der Waals surface area contributed by atoms with Crippen LogP contribution in [0.15, 0.2) is 18.3 Å². The van der Waals surface area contributed by atoms with Gasteiger partial charge in [-0.3, -0.25) is 9.78 Å². The molecule has 0 aliphatic heterocycles. The summed E-state index contributed by atoms with van der Waals surface area (Å²) in [4.78, 5) is 16.1. The zero-order valence-corrected chi connectivity index (χ0v) is 13.7. The SMILES string of the molecule is CCC(C)(C)NC(=O)COc1ccc(CNC(C)C)nc1. The van der Waals surface area contributed by atoms with Gasteiger partial charge in [0.05, 0.1) is 11.9 Å². The predicted octanol–water partition coefficient (Wildman–Crippen LogP) is 2.26. The minimum absolute atomic E-state index is 0.00863. The third-order valence-electron chi connectivity index (χ3n) is 3.22. The van der Waals surface area contributed by atoms with E-state index in [1.807, 2.05) is 32.9 Å². The number of hydrogen-bond donors (Lipinski definition) is 2. The Morgan fingerprint density at radius 3 is 2.62 bits per heavy atom. The topological polar surface area (TPSA) is 63.2 Å². The Hall–Kier alpha value is -1.62. The van der Waals surface area contributed by atoms with Crippen molar-refractivity contribution in [3.05, 3.63) is 24.0 Å². The number of nitrogens with one attached hydrogen (secondary N) is 2. The molecule has 1 heterocycles. The van der Waals surface area contributed by atoms with Crippen molar-refractivity contribution in [2.45, 2.75) is 59.2 Å². The monoisotopic (exact) mass is 293 g/mol. The van der Waals surface area contributed by atoms with Gasteiger partial charge in [0.1, 0.15) is 5.75 Å². The summed E-state index contributed by atoms with van der Waals surface area (Å²) in [6, 6.07) is 4.16. The zero-order valence-electron chi connectivity index (χ0n) is 13.7. The van der Waals surface area contributed by atoms with Crippen molar-refractivity contribution in [1.29, 1.82) is 0 Å². The van der Waals surface area contributed by atoms with Crippen molar-refractivity contribution >= 4 is 5.91 Å². The van der Waals surface area contributed by atoms with Crippen LogP contribution in [0.25, 0.3) is 0 Å². The van der Waals surface area contributed by atoms with Gasteiger partial charge in [0.15, 0.2) is 6.61 Å². The molecule has 21 heavy (non-hydrogen) atoms. The first-order valence-electron chi connectivity index (χ1n) is 7.44. The van der Waals surface area contributed by atoms with Crippen LogP contribution in [0.5, 0.6) is 5.75 Å². The summed E-state index contributed by atoms with van der Waals surface area (Å²) < 4.78 is 5.44. The number of ether oxygens (including phenoxy) is 1. The number of carbonyl (C=O) groups is 1. The molecule has 118 valence electrons. The summed E-state index contributed by atoms with van der Waals surface area (Å²) in [5.41, 5.74) is 0.748. The number of rotatable bonds is 8. The molecule has 5 nitrogen and oxygen atoms in total. The Bertz CT molecular complexity index is 441. The van der Waals surface area contributed by atoms with Crippen molar-refractivity contribution in [3.8, 4) is 5.75 Å². The molecule has 0 fully saturated rings. The maximum atomic E-state index is 11.8. The van der Waals surface area contributed by atoms with E-state index in [4.69, 9.17) is 4.74 Å². The van der Waals surface area contributed by atoms with Crippen molar-refractivity contribution in [2.24, 2.45) is 0 Å². The summed E-state index contributed by atoms with van der Waals surface area (Å²) in [7, 11) is 0.